The molecule has 0 aliphatic heterocycles. The maximum Gasteiger partial charge on any atom is 0.251 e. The van der Waals surface area contributed by atoms with E-state index in [2.05, 4.69) is 31.3 Å². The highest BCUT2D eigenvalue weighted by Crippen LogP contribution is 2.14. The van der Waals surface area contributed by atoms with E-state index < -0.39 is 10.0 Å². The zero-order valence-corrected chi connectivity index (χ0v) is 16.4. The summed E-state index contributed by atoms with van der Waals surface area (Å²) >= 11 is 3.29. The number of hydrogen-bond donors (Lipinski definition) is 3. The Bertz CT molecular complexity index is 898. The fourth-order valence-electron chi connectivity index (χ4n) is 2.10. The van der Waals surface area contributed by atoms with Gasteiger partial charge in [0.05, 0.1) is 4.90 Å². The number of carbonyl (C=O) groups excluding carboxylic acids is 2. The zero-order chi connectivity index (χ0) is 19.2. The van der Waals surface area contributed by atoms with Gasteiger partial charge in [-0.2, -0.15) is 0 Å². The van der Waals surface area contributed by atoms with Gasteiger partial charge in [-0.05, 0) is 42.5 Å². The largest absolute Gasteiger partial charge is 0.351 e. The Morgan fingerprint density at radius 2 is 1.73 bits per heavy atom. The molecular formula is C17H18BrN3O4S. The summed E-state index contributed by atoms with van der Waals surface area (Å²) in [5.41, 5.74) is 0.994. The first kappa shape index (κ1) is 20.1. The molecule has 0 spiro atoms. The van der Waals surface area contributed by atoms with Gasteiger partial charge in [0.1, 0.15) is 0 Å². The first-order valence-electron chi connectivity index (χ1n) is 7.69. The Labute approximate surface area is 160 Å². The molecular weight excluding hydrogens is 422 g/mol. The molecule has 0 bridgehead atoms. The first-order valence-corrected chi connectivity index (χ1v) is 9.96. The van der Waals surface area contributed by atoms with Crippen LogP contribution < -0.4 is 15.4 Å². The molecule has 0 radical (unpaired) electrons. The monoisotopic (exact) mass is 439 g/mol. The minimum Gasteiger partial charge on any atom is -0.351 e. The molecule has 2 amide bonds. The molecule has 138 valence electrons. The molecule has 0 atom stereocenters. The maximum absolute atomic E-state index is 12.2. The molecule has 2 aromatic rings. The highest BCUT2D eigenvalue weighted by molar-refractivity contribution is 9.10. The van der Waals surface area contributed by atoms with Crippen LogP contribution in [0.3, 0.4) is 0 Å². The average Bonchev–Trinajstić information content (AvgIpc) is 2.58. The van der Waals surface area contributed by atoms with Crippen LogP contribution in [0, 0.1) is 0 Å². The predicted molar refractivity (Wildman–Crippen MR) is 102 cm³/mol. The second-order valence-corrected chi connectivity index (χ2v) is 8.05. The van der Waals surface area contributed by atoms with Gasteiger partial charge in [0.15, 0.2) is 0 Å². The molecule has 26 heavy (non-hydrogen) atoms. The molecule has 0 aromatic heterocycles. The second kappa shape index (κ2) is 8.93. The van der Waals surface area contributed by atoms with E-state index in [1.54, 1.807) is 18.2 Å². The Morgan fingerprint density at radius 1 is 1.04 bits per heavy atom. The molecule has 9 heteroatoms. The number of anilines is 1. The van der Waals surface area contributed by atoms with Gasteiger partial charge < -0.3 is 10.6 Å². The second-order valence-electron chi connectivity index (χ2n) is 5.37. The van der Waals surface area contributed by atoms with Crippen molar-refractivity contribution in [1.29, 1.82) is 0 Å². The van der Waals surface area contributed by atoms with E-state index >= 15 is 0 Å². The maximum atomic E-state index is 12.2. The van der Waals surface area contributed by atoms with Crippen molar-refractivity contribution in [1.82, 2.24) is 10.0 Å². The number of halogens is 1. The van der Waals surface area contributed by atoms with E-state index in [0.717, 1.165) is 4.47 Å². The van der Waals surface area contributed by atoms with Crippen LogP contribution in [0.15, 0.2) is 57.9 Å². The van der Waals surface area contributed by atoms with Crippen molar-refractivity contribution in [3.05, 3.63) is 58.6 Å². The molecule has 2 rings (SSSR count). The van der Waals surface area contributed by atoms with Gasteiger partial charge in [0, 0.05) is 35.7 Å². The van der Waals surface area contributed by atoms with Crippen molar-refractivity contribution in [2.75, 3.05) is 18.4 Å². The molecule has 7 nitrogen and oxygen atoms in total. The summed E-state index contributed by atoms with van der Waals surface area (Å²) in [4.78, 5) is 23.0. The van der Waals surface area contributed by atoms with Crippen LogP contribution in [0.5, 0.6) is 0 Å². The van der Waals surface area contributed by atoms with Crippen molar-refractivity contribution in [2.24, 2.45) is 0 Å². The van der Waals surface area contributed by atoms with Gasteiger partial charge in [-0.15, -0.1) is 0 Å². The van der Waals surface area contributed by atoms with Crippen molar-refractivity contribution in [2.45, 2.75) is 11.8 Å². The predicted octanol–water partition coefficient (Wildman–Crippen LogP) is 2.12. The van der Waals surface area contributed by atoms with Crippen LogP contribution in [0.2, 0.25) is 0 Å². The van der Waals surface area contributed by atoms with Crippen molar-refractivity contribution in [3.63, 3.8) is 0 Å². The normalized spacial score (nSPS) is 11.0. The topological polar surface area (TPSA) is 104 Å². The summed E-state index contributed by atoms with van der Waals surface area (Å²) in [6, 6.07) is 12.7. The fraction of sp³-hybridized carbons (Fsp3) is 0.176. The lowest BCUT2D eigenvalue weighted by Gasteiger charge is -2.09. The number of nitrogens with one attached hydrogen (secondary N) is 3. The van der Waals surface area contributed by atoms with Gasteiger partial charge >= 0.3 is 0 Å². The number of benzene rings is 2. The average molecular weight is 440 g/mol. The van der Waals surface area contributed by atoms with Crippen LogP contribution >= 0.6 is 15.9 Å². The van der Waals surface area contributed by atoms with Crippen LogP contribution in [0.25, 0.3) is 0 Å². The third kappa shape index (κ3) is 5.94. The van der Waals surface area contributed by atoms with Crippen molar-refractivity contribution in [3.8, 4) is 0 Å². The Hall–Kier alpha value is -2.23. The minimum atomic E-state index is -3.70. The van der Waals surface area contributed by atoms with E-state index in [1.807, 2.05) is 6.07 Å². The zero-order valence-electron chi connectivity index (χ0n) is 14.0. The summed E-state index contributed by atoms with van der Waals surface area (Å²) < 4.78 is 27.6. The van der Waals surface area contributed by atoms with Crippen LogP contribution in [0.1, 0.15) is 17.3 Å². The molecule has 0 heterocycles. The van der Waals surface area contributed by atoms with Crippen LogP contribution in [-0.4, -0.2) is 33.3 Å². The van der Waals surface area contributed by atoms with Crippen LogP contribution in [0.4, 0.5) is 5.69 Å². The highest BCUT2D eigenvalue weighted by atomic mass is 79.9. The molecule has 3 N–H and O–H groups in total. The lowest BCUT2D eigenvalue weighted by atomic mass is 10.2. The third-order valence-electron chi connectivity index (χ3n) is 3.27. The summed E-state index contributed by atoms with van der Waals surface area (Å²) in [5, 5.41) is 5.21. The van der Waals surface area contributed by atoms with E-state index in [4.69, 9.17) is 0 Å². The van der Waals surface area contributed by atoms with E-state index in [-0.39, 0.29) is 29.8 Å². The molecule has 2 aromatic carbocycles. The van der Waals surface area contributed by atoms with Crippen molar-refractivity contribution >= 4 is 43.5 Å². The molecule has 0 aliphatic rings. The first-order chi connectivity index (χ1) is 12.3. The van der Waals surface area contributed by atoms with Gasteiger partial charge in [0.2, 0.25) is 15.9 Å². The van der Waals surface area contributed by atoms with Gasteiger partial charge in [-0.25, -0.2) is 13.1 Å². The number of hydrogen-bond acceptors (Lipinski definition) is 4. The molecule has 0 saturated carbocycles. The number of sulfonamides is 1. The third-order valence-corrected chi connectivity index (χ3v) is 5.24. The number of rotatable bonds is 7. The van der Waals surface area contributed by atoms with Crippen LogP contribution in [-0.2, 0) is 14.8 Å². The Kier molecular flexibility index (Phi) is 6.90. The van der Waals surface area contributed by atoms with Gasteiger partial charge in [0.25, 0.3) is 5.91 Å². The Balaban J connectivity index is 1.86. The lowest BCUT2D eigenvalue weighted by Crippen LogP contribution is -2.34. The minimum absolute atomic E-state index is 0.0511. The Morgan fingerprint density at radius 3 is 2.35 bits per heavy atom. The summed E-state index contributed by atoms with van der Waals surface area (Å²) in [7, 11) is -3.70. The summed E-state index contributed by atoms with van der Waals surface area (Å²) in [6.07, 6.45) is 0. The SMILES string of the molecule is CC(=O)Nc1ccc(S(=O)(=O)NCCNC(=O)c2cccc(Br)c2)cc1. The smallest absolute Gasteiger partial charge is 0.251 e. The number of amides is 2. The molecule has 0 aliphatic carbocycles. The van der Waals surface area contributed by atoms with E-state index in [0.29, 0.717) is 11.3 Å². The fourth-order valence-corrected chi connectivity index (χ4v) is 3.53. The lowest BCUT2D eigenvalue weighted by molar-refractivity contribution is -0.114. The number of carbonyl (C=O) groups is 2. The van der Waals surface area contributed by atoms with Crippen molar-refractivity contribution < 1.29 is 18.0 Å². The molecule has 0 saturated heterocycles. The quantitative estimate of drug-likeness (QED) is 0.574. The highest BCUT2D eigenvalue weighted by Gasteiger charge is 2.13. The molecule has 0 fully saturated rings. The van der Waals surface area contributed by atoms with E-state index in [1.165, 1.54) is 31.2 Å². The molecule has 0 unspecified atom stereocenters. The van der Waals surface area contributed by atoms with E-state index in [9.17, 15) is 18.0 Å². The van der Waals surface area contributed by atoms with Gasteiger partial charge in [-0.1, -0.05) is 22.0 Å². The summed E-state index contributed by atoms with van der Waals surface area (Å²) in [5.74, 6) is -0.523. The summed E-state index contributed by atoms with van der Waals surface area (Å²) in [6.45, 7) is 1.57. The van der Waals surface area contributed by atoms with Gasteiger partial charge in [-0.3, -0.25) is 9.59 Å². The standard InChI is InChI=1S/C17H18BrN3O4S/c1-12(22)21-15-5-7-16(8-6-15)26(24,25)20-10-9-19-17(23)13-3-2-4-14(18)11-13/h2-8,11,20H,9-10H2,1H3,(H,19,23)(H,21,22).